The summed E-state index contributed by atoms with van der Waals surface area (Å²) in [4.78, 5) is 8.02. The standard InChI is InChI=1S/C11H19BrN4S/c1-17-7-5-3-2-4-6-14-10-9(12)8-15-11(13)16-10/h8H,2-7H2,1H3,(H3,13,14,15,16). The molecule has 0 aliphatic heterocycles. The number of nitrogens with one attached hydrogen (secondary N) is 1. The van der Waals surface area contributed by atoms with E-state index in [4.69, 9.17) is 5.73 Å². The van der Waals surface area contributed by atoms with E-state index in [2.05, 4.69) is 37.5 Å². The van der Waals surface area contributed by atoms with Crippen LogP contribution in [0.25, 0.3) is 0 Å². The third kappa shape index (κ3) is 6.12. The molecule has 17 heavy (non-hydrogen) atoms. The minimum atomic E-state index is 0.302. The molecule has 0 spiro atoms. The second kappa shape index (κ2) is 8.58. The summed E-state index contributed by atoms with van der Waals surface area (Å²) in [5.74, 6) is 2.35. The van der Waals surface area contributed by atoms with Gasteiger partial charge in [0.15, 0.2) is 0 Å². The van der Waals surface area contributed by atoms with Gasteiger partial charge in [0.2, 0.25) is 5.95 Å². The number of hydrogen-bond donors (Lipinski definition) is 2. The van der Waals surface area contributed by atoms with Crippen molar-refractivity contribution < 1.29 is 0 Å². The van der Waals surface area contributed by atoms with Gasteiger partial charge < -0.3 is 11.1 Å². The maximum absolute atomic E-state index is 5.53. The summed E-state index contributed by atoms with van der Waals surface area (Å²) in [5, 5.41) is 3.26. The zero-order valence-corrected chi connectivity index (χ0v) is 12.5. The first-order valence-corrected chi connectivity index (χ1v) is 7.93. The molecule has 1 aromatic rings. The number of hydrogen-bond acceptors (Lipinski definition) is 5. The van der Waals surface area contributed by atoms with Gasteiger partial charge in [-0.15, -0.1) is 0 Å². The Morgan fingerprint density at radius 1 is 1.35 bits per heavy atom. The van der Waals surface area contributed by atoms with Gasteiger partial charge in [0.25, 0.3) is 0 Å². The molecule has 1 heterocycles. The fourth-order valence-corrected chi connectivity index (χ4v) is 2.26. The van der Waals surface area contributed by atoms with Gasteiger partial charge in [-0.05, 0) is 40.8 Å². The molecule has 0 fully saturated rings. The molecule has 4 nitrogen and oxygen atoms in total. The maximum Gasteiger partial charge on any atom is 0.221 e. The summed E-state index contributed by atoms with van der Waals surface area (Å²) in [6.07, 6.45) is 8.85. The Balaban J connectivity index is 2.15. The molecular formula is C11H19BrN4S. The summed E-state index contributed by atoms with van der Waals surface area (Å²) >= 11 is 5.30. The number of thioether (sulfide) groups is 1. The van der Waals surface area contributed by atoms with Crippen LogP contribution in [0.15, 0.2) is 10.7 Å². The monoisotopic (exact) mass is 318 g/mol. The first-order chi connectivity index (χ1) is 8.24. The lowest BCUT2D eigenvalue weighted by atomic mass is 10.2. The first-order valence-electron chi connectivity index (χ1n) is 5.75. The summed E-state index contributed by atoms with van der Waals surface area (Å²) in [5.41, 5.74) is 5.53. The maximum atomic E-state index is 5.53. The van der Waals surface area contributed by atoms with Crippen LogP contribution in [0.5, 0.6) is 0 Å². The van der Waals surface area contributed by atoms with Gasteiger partial charge in [0.05, 0.1) is 4.47 Å². The van der Waals surface area contributed by atoms with E-state index in [0.29, 0.717) is 5.95 Å². The number of nitrogens with zero attached hydrogens (tertiary/aromatic N) is 2. The van der Waals surface area contributed by atoms with E-state index in [9.17, 15) is 0 Å². The molecule has 6 heteroatoms. The van der Waals surface area contributed by atoms with E-state index >= 15 is 0 Å². The molecule has 0 aromatic carbocycles. The second-order valence-electron chi connectivity index (χ2n) is 3.76. The van der Waals surface area contributed by atoms with Crippen LogP contribution in [-0.4, -0.2) is 28.5 Å². The molecule has 0 amide bonds. The fraction of sp³-hybridized carbons (Fsp3) is 0.636. The van der Waals surface area contributed by atoms with Crippen LogP contribution in [0.4, 0.5) is 11.8 Å². The van der Waals surface area contributed by atoms with Crippen molar-refractivity contribution in [2.45, 2.75) is 25.7 Å². The van der Waals surface area contributed by atoms with Crippen LogP contribution in [0.2, 0.25) is 0 Å². The molecule has 96 valence electrons. The van der Waals surface area contributed by atoms with Crippen LogP contribution in [0.3, 0.4) is 0 Å². The molecule has 0 atom stereocenters. The van der Waals surface area contributed by atoms with E-state index in [1.165, 1.54) is 25.0 Å². The highest BCUT2D eigenvalue weighted by Gasteiger charge is 2.01. The molecule has 0 aliphatic carbocycles. The third-order valence-electron chi connectivity index (χ3n) is 2.33. The molecule has 0 unspecified atom stereocenters. The predicted octanol–water partition coefficient (Wildman–Crippen LogP) is 3.16. The van der Waals surface area contributed by atoms with E-state index in [1.54, 1.807) is 6.20 Å². The van der Waals surface area contributed by atoms with Crippen molar-refractivity contribution in [1.29, 1.82) is 0 Å². The molecule has 1 aromatic heterocycles. The highest BCUT2D eigenvalue weighted by atomic mass is 79.9. The topological polar surface area (TPSA) is 63.8 Å². The summed E-state index contributed by atoms with van der Waals surface area (Å²) in [6, 6.07) is 0. The number of unbranched alkanes of at least 4 members (excludes halogenated alkanes) is 3. The van der Waals surface area contributed by atoms with Gasteiger partial charge in [-0.1, -0.05) is 12.8 Å². The first kappa shape index (κ1) is 14.6. The lowest BCUT2D eigenvalue weighted by molar-refractivity contribution is 0.688. The lowest BCUT2D eigenvalue weighted by Crippen LogP contribution is -2.06. The Labute approximate surface area is 115 Å². The SMILES string of the molecule is CSCCCCCCNc1nc(N)ncc1Br. The van der Waals surface area contributed by atoms with E-state index in [-0.39, 0.29) is 0 Å². The second-order valence-corrected chi connectivity index (χ2v) is 5.60. The van der Waals surface area contributed by atoms with E-state index < -0.39 is 0 Å². The van der Waals surface area contributed by atoms with Crippen molar-refractivity contribution in [3.8, 4) is 0 Å². The highest BCUT2D eigenvalue weighted by Crippen LogP contribution is 2.19. The Morgan fingerprint density at radius 2 is 2.12 bits per heavy atom. The normalized spacial score (nSPS) is 10.5. The number of nitrogens with two attached hydrogens (primary N) is 1. The number of anilines is 2. The number of halogens is 1. The predicted molar refractivity (Wildman–Crippen MR) is 79.5 cm³/mol. The van der Waals surface area contributed by atoms with Crippen molar-refractivity contribution in [1.82, 2.24) is 9.97 Å². The van der Waals surface area contributed by atoms with Gasteiger partial charge in [-0.25, -0.2) is 4.98 Å². The van der Waals surface area contributed by atoms with Crippen LogP contribution in [-0.2, 0) is 0 Å². The number of nitrogen functional groups attached to an aromatic ring is 1. The van der Waals surface area contributed by atoms with Gasteiger partial charge >= 0.3 is 0 Å². The number of rotatable bonds is 8. The summed E-state index contributed by atoms with van der Waals surface area (Å²) < 4.78 is 0.856. The molecule has 3 N–H and O–H groups in total. The molecule has 0 aliphatic rings. The van der Waals surface area contributed by atoms with Crippen molar-refractivity contribution in [3.05, 3.63) is 10.7 Å². The van der Waals surface area contributed by atoms with Crippen molar-refractivity contribution in [3.63, 3.8) is 0 Å². The molecule has 0 saturated heterocycles. The minimum Gasteiger partial charge on any atom is -0.369 e. The third-order valence-corrected chi connectivity index (χ3v) is 3.61. The summed E-state index contributed by atoms with van der Waals surface area (Å²) in [7, 11) is 0. The smallest absolute Gasteiger partial charge is 0.221 e. The van der Waals surface area contributed by atoms with Crippen molar-refractivity contribution in [2.24, 2.45) is 0 Å². The van der Waals surface area contributed by atoms with Crippen molar-refractivity contribution >= 4 is 39.5 Å². The van der Waals surface area contributed by atoms with Gasteiger partial charge in [-0.3, -0.25) is 0 Å². The van der Waals surface area contributed by atoms with Crippen LogP contribution < -0.4 is 11.1 Å². The van der Waals surface area contributed by atoms with Gasteiger partial charge in [0.1, 0.15) is 5.82 Å². The fourth-order valence-electron chi connectivity index (χ4n) is 1.44. The van der Waals surface area contributed by atoms with E-state index in [0.717, 1.165) is 23.3 Å². The molecule has 0 saturated carbocycles. The zero-order chi connectivity index (χ0) is 12.5. The molecule has 1 rings (SSSR count). The van der Waals surface area contributed by atoms with Crippen LogP contribution >= 0.6 is 27.7 Å². The number of aromatic nitrogens is 2. The molecular weight excluding hydrogens is 300 g/mol. The Hall–Kier alpha value is -0.490. The Kier molecular flexibility index (Phi) is 7.35. The van der Waals surface area contributed by atoms with Gasteiger partial charge in [-0.2, -0.15) is 16.7 Å². The lowest BCUT2D eigenvalue weighted by Gasteiger charge is -2.07. The quantitative estimate of drug-likeness (QED) is 0.721. The minimum absolute atomic E-state index is 0.302. The van der Waals surface area contributed by atoms with Crippen molar-refractivity contribution in [2.75, 3.05) is 29.6 Å². The van der Waals surface area contributed by atoms with Crippen LogP contribution in [0.1, 0.15) is 25.7 Å². The molecule has 0 radical (unpaired) electrons. The Morgan fingerprint density at radius 3 is 2.88 bits per heavy atom. The molecule has 0 bridgehead atoms. The van der Waals surface area contributed by atoms with Crippen LogP contribution in [0, 0.1) is 0 Å². The van der Waals surface area contributed by atoms with Gasteiger partial charge in [0, 0.05) is 12.7 Å². The largest absolute Gasteiger partial charge is 0.369 e. The summed E-state index contributed by atoms with van der Waals surface area (Å²) in [6.45, 7) is 0.925. The Bertz CT molecular complexity index is 335. The highest BCUT2D eigenvalue weighted by molar-refractivity contribution is 9.10. The zero-order valence-electron chi connectivity index (χ0n) is 10.1. The average Bonchev–Trinajstić information content (AvgIpc) is 2.32. The average molecular weight is 319 g/mol. The van der Waals surface area contributed by atoms with E-state index in [1.807, 2.05) is 11.8 Å².